The van der Waals surface area contributed by atoms with Crippen LogP contribution in [0.25, 0.3) is 0 Å². The van der Waals surface area contributed by atoms with E-state index in [-0.39, 0.29) is 6.04 Å². The predicted octanol–water partition coefficient (Wildman–Crippen LogP) is 2.43. The summed E-state index contributed by atoms with van der Waals surface area (Å²) in [5.41, 5.74) is 8.25. The molecule has 0 spiro atoms. The molecular formula is C12H14BrN3. The fraction of sp³-hybridized carbons (Fsp3) is 0.250. The van der Waals surface area contributed by atoms with E-state index in [1.807, 2.05) is 29.9 Å². The van der Waals surface area contributed by atoms with E-state index in [2.05, 4.69) is 33.0 Å². The highest BCUT2D eigenvalue weighted by Crippen LogP contribution is 2.17. The van der Waals surface area contributed by atoms with Crippen LogP contribution in [-0.2, 0) is 13.5 Å². The maximum Gasteiger partial charge on any atom is 0.0947 e. The van der Waals surface area contributed by atoms with Crippen molar-refractivity contribution < 1.29 is 0 Å². The number of aromatic nitrogens is 2. The summed E-state index contributed by atoms with van der Waals surface area (Å²) in [5.74, 6) is 0. The summed E-state index contributed by atoms with van der Waals surface area (Å²) in [6, 6.07) is 8.15. The number of imidazole rings is 1. The molecule has 4 heteroatoms. The summed E-state index contributed by atoms with van der Waals surface area (Å²) in [7, 11) is 1.95. The van der Waals surface area contributed by atoms with Gasteiger partial charge in [-0.25, -0.2) is 4.98 Å². The molecular weight excluding hydrogens is 266 g/mol. The molecule has 0 amide bonds. The summed E-state index contributed by atoms with van der Waals surface area (Å²) >= 11 is 3.45. The molecule has 2 rings (SSSR count). The Kier molecular flexibility index (Phi) is 3.41. The molecule has 0 saturated carbocycles. The van der Waals surface area contributed by atoms with Crippen molar-refractivity contribution in [1.82, 2.24) is 9.55 Å². The molecule has 0 bridgehead atoms. The second kappa shape index (κ2) is 4.80. The van der Waals surface area contributed by atoms with E-state index in [4.69, 9.17) is 5.73 Å². The SMILES string of the molecule is Cn1cnc(C(N)Cc2cccc(Br)c2)c1. The van der Waals surface area contributed by atoms with E-state index in [0.717, 1.165) is 16.6 Å². The first-order chi connectivity index (χ1) is 7.65. The molecule has 1 heterocycles. The minimum atomic E-state index is -0.0458. The van der Waals surface area contributed by atoms with E-state index >= 15 is 0 Å². The Morgan fingerprint density at radius 1 is 1.50 bits per heavy atom. The summed E-state index contributed by atoms with van der Waals surface area (Å²) in [6.45, 7) is 0. The fourth-order valence-corrected chi connectivity index (χ4v) is 2.09. The zero-order valence-corrected chi connectivity index (χ0v) is 10.7. The molecule has 1 aromatic carbocycles. The maximum absolute atomic E-state index is 6.10. The van der Waals surface area contributed by atoms with Gasteiger partial charge in [0, 0.05) is 17.7 Å². The van der Waals surface area contributed by atoms with Crippen LogP contribution in [0.3, 0.4) is 0 Å². The molecule has 0 saturated heterocycles. The van der Waals surface area contributed by atoms with Crippen molar-refractivity contribution in [3.05, 3.63) is 52.5 Å². The Bertz CT molecular complexity index is 479. The Balaban J connectivity index is 2.10. The van der Waals surface area contributed by atoms with Crippen LogP contribution in [0, 0.1) is 0 Å². The second-order valence-electron chi connectivity index (χ2n) is 3.90. The molecule has 0 aliphatic rings. The van der Waals surface area contributed by atoms with Crippen molar-refractivity contribution in [2.45, 2.75) is 12.5 Å². The van der Waals surface area contributed by atoms with Crippen LogP contribution in [0.5, 0.6) is 0 Å². The third-order valence-electron chi connectivity index (χ3n) is 2.45. The normalized spacial score (nSPS) is 12.7. The largest absolute Gasteiger partial charge is 0.340 e. The van der Waals surface area contributed by atoms with Crippen LogP contribution in [-0.4, -0.2) is 9.55 Å². The van der Waals surface area contributed by atoms with Crippen molar-refractivity contribution >= 4 is 15.9 Å². The second-order valence-corrected chi connectivity index (χ2v) is 4.82. The summed E-state index contributed by atoms with van der Waals surface area (Å²) < 4.78 is 2.99. The number of rotatable bonds is 3. The molecule has 0 aliphatic heterocycles. The van der Waals surface area contributed by atoms with Gasteiger partial charge in [-0.2, -0.15) is 0 Å². The molecule has 2 aromatic rings. The van der Waals surface area contributed by atoms with Gasteiger partial charge in [-0.05, 0) is 24.1 Å². The molecule has 84 valence electrons. The summed E-state index contributed by atoms with van der Waals surface area (Å²) in [4.78, 5) is 4.26. The lowest BCUT2D eigenvalue weighted by atomic mass is 10.0. The van der Waals surface area contributed by atoms with Crippen LogP contribution in [0.15, 0.2) is 41.3 Å². The Hall–Kier alpha value is -1.13. The average molecular weight is 280 g/mol. The number of aryl methyl sites for hydroxylation is 1. The summed E-state index contributed by atoms with van der Waals surface area (Å²) in [5, 5.41) is 0. The zero-order chi connectivity index (χ0) is 11.5. The quantitative estimate of drug-likeness (QED) is 0.938. The Morgan fingerprint density at radius 3 is 2.94 bits per heavy atom. The van der Waals surface area contributed by atoms with Crippen molar-refractivity contribution in [1.29, 1.82) is 0 Å². The van der Waals surface area contributed by atoms with E-state index in [1.165, 1.54) is 5.56 Å². The minimum Gasteiger partial charge on any atom is -0.340 e. The molecule has 0 fully saturated rings. The van der Waals surface area contributed by atoms with Gasteiger partial charge in [-0.15, -0.1) is 0 Å². The standard InChI is InChI=1S/C12H14BrN3/c1-16-7-12(15-8-16)11(14)6-9-3-2-4-10(13)5-9/h2-5,7-8,11H,6,14H2,1H3. The van der Waals surface area contributed by atoms with Crippen LogP contribution in [0.2, 0.25) is 0 Å². The smallest absolute Gasteiger partial charge is 0.0947 e. The first kappa shape index (κ1) is 11.4. The molecule has 0 aliphatic carbocycles. The van der Waals surface area contributed by atoms with Crippen molar-refractivity contribution in [2.75, 3.05) is 0 Å². The van der Waals surface area contributed by atoms with Crippen LogP contribution in [0.1, 0.15) is 17.3 Å². The van der Waals surface area contributed by atoms with Crippen molar-refractivity contribution in [3.8, 4) is 0 Å². The predicted molar refractivity (Wildman–Crippen MR) is 68.0 cm³/mol. The number of nitrogens with zero attached hydrogens (tertiary/aromatic N) is 2. The van der Waals surface area contributed by atoms with Gasteiger partial charge in [0.1, 0.15) is 0 Å². The van der Waals surface area contributed by atoms with E-state index in [1.54, 1.807) is 6.33 Å². The molecule has 3 nitrogen and oxygen atoms in total. The van der Waals surface area contributed by atoms with Gasteiger partial charge in [-0.1, -0.05) is 28.1 Å². The van der Waals surface area contributed by atoms with Gasteiger partial charge in [0.05, 0.1) is 18.1 Å². The molecule has 2 N–H and O–H groups in total. The van der Waals surface area contributed by atoms with Gasteiger partial charge < -0.3 is 10.3 Å². The molecule has 0 radical (unpaired) electrons. The first-order valence-corrected chi connectivity index (χ1v) is 5.92. The highest BCUT2D eigenvalue weighted by Gasteiger charge is 2.09. The van der Waals surface area contributed by atoms with Crippen LogP contribution in [0.4, 0.5) is 0 Å². The van der Waals surface area contributed by atoms with Crippen molar-refractivity contribution in [2.24, 2.45) is 12.8 Å². The zero-order valence-electron chi connectivity index (χ0n) is 9.10. The number of nitrogens with two attached hydrogens (primary N) is 1. The molecule has 1 atom stereocenters. The van der Waals surface area contributed by atoms with Gasteiger partial charge in [0.25, 0.3) is 0 Å². The fourth-order valence-electron chi connectivity index (χ4n) is 1.65. The monoisotopic (exact) mass is 279 g/mol. The Morgan fingerprint density at radius 2 is 2.31 bits per heavy atom. The average Bonchev–Trinajstić information content (AvgIpc) is 2.65. The lowest BCUT2D eigenvalue weighted by Gasteiger charge is -2.08. The van der Waals surface area contributed by atoms with E-state index in [9.17, 15) is 0 Å². The Labute approximate surface area is 103 Å². The number of hydrogen-bond acceptors (Lipinski definition) is 2. The van der Waals surface area contributed by atoms with Gasteiger partial charge in [0.2, 0.25) is 0 Å². The topological polar surface area (TPSA) is 43.8 Å². The minimum absolute atomic E-state index is 0.0458. The van der Waals surface area contributed by atoms with Gasteiger partial charge >= 0.3 is 0 Å². The highest BCUT2D eigenvalue weighted by molar-refractivity contribution is 9.10. The maximum atomic E-state index is 6.10. The third kappa shape index (κ3) is 2.71. The molecule has 1 aromatic heterocycles. The van der Waals surface area contributed by atoms with Gasteiger partial charge in [-0.3, -0.25) is 0 Å². The van der Waals surface area contributed by atoms with E-state index < -0.39 is 0 Å². The lowest BCUT2D eigenvalue weighted by Crippen LogP contribution is -2.13. The molecule has 16 heavy (non-hydrogen) atoms. The molecule has 1 unspecified atom stereocenters. The van der Waals surface area contributed by atoms with Gasteiger partial charge in [0.15, 0.2) is 0 Å². The van der Waals surface area contributed by atoms with Crippen LogP contribution < -0.4 is 5.73 Å². The lowest BCUT2D eigenvalue weighted by molar-refractivity contribution is 0.700. The number of halogens is 1. The summed E-state index contributed by atoms with van der Waals surface area (Å²) in [6.07, 6.45) is 4.54. The highest BCUT2D eigenvalue weighted by atomic mass is 79.9. The first-order valence-electron chi connectivity index (χ1n) is 5.13. The number of hydrogen-bond donors (Lipinski definition) is 1. The van der Waals surface area contributed by atoms with Crippen LogP contribution >= 0.6 is 15.9 Å². The van der Waals surface area contributed by atoms with Crippen molar-refractivity contribution in [3.63, 3.8) is 0 Å². The van der Waals surface area contributed by atoms with E-state index in [0.29, 0.717) is 0 Å². The third-order valence-corrected chi connectivity index (χ3v) is 2.94. The number of benzene rings is 1.